The first-order valence-electron chi connectivity index (χ1n) is 7.12. The van der Waals surface area contributed by atoms with Gasteiger partial charge in [-0.2, -0.15) is 0 Å². The molecule has 0 saturated carbocycles. The summed E-state index contributed by atoms with van der Waals surface area (Å²) < 4.78 is 12.3. The van der Waals surface area contributed by atoms with Gasteiger partial charge in [0, 0.05) is 24.6 Å². The summed E-state index contributed by atoms with van der Waals surface area (Å²) in [6.07, 6.45) is 0. The molecular formula is C16H22N2O2Si. The molecule has 0 aliphatic rings. The van der Waals surface area contributed by atoms with E-state index in [1.807, 2.05) is 62.4 Å². The lowest BCUT2D eigenvalue weighted by Crippen LogP contribution is -2.63. The van der Waals surface area contributed by atoms with E-state index in [-0.39, 0.29) is 0 Å². The Labute approximate surface area is 126 Å². The normalized spacial score (nSPS) is 11.5. The van der Waals surface area contributed by atoms with Gasteiger partial charge in [0.2, 0.25) is 0 Å². The number of anilines is 2. The fraction of sp³-hybridized carbons (Fsp3) is 0.250. The zero-order valence-electron chi connectivity index (χ0n) is 12.5. The topological polar surface area (TPSA) is 70.5 Å². The molecule has 0 bridgehead atoms. The predicted octanol–water partition coefficient (Wildman–Crippen LogP) is 1.48. The molecule has 0 aromatic heterocycles. The van der Waals surface area contributed by atoms with E-state index in [0.717, 1.165) is 21.7 Å². The van der Waals surface area contributed by atoms with Gasteiger partial charge >= 0.3 is 8.56 Å². The van der Waals surface area contributed by atoms with Gasteiger partial charge in [0.15, 0.2) is 0 Å². The van der Waals surface area contributed by atoms with Gasteiger partial charge in [0.1, 0.15) is 0 Å². The van der Waals surface area contributed by atoms with Crippen molar-refractivity contribution < 1.29 is 8.85 Å². The molecule has 0 atom stereocenters. The second-order valence-corrected chi connectivity index (χ2v) is 7.69. The van der Waals surface area contributed by atoms with Gasteiger partial charge in [-0.05, 0) is 48.5 Å². The van der Waals surface area contributed by atoms with Crippen LogP contribution < -0.4 is 21.8 Å². The van der Waals surface area contributed by atoms with Crippen molar-refractivity contribution in [1.29, 1.82) is 0 Å². The summed E-state index contributed by atoms with van der Waals surface area (Å²) >= 11 is 0. The highest BCUT2D eigenvalue weighted by molar-refractivity contribution is 6.92. The molecule has 0 aliphatic carbocycles. The molecule has 0 heterocycles. The second-order valence-electron chi connectivity index (χ2n) is 4.73. The molecule has 0 radical (unpaired) electrons. The Kier molecular flexibility index (Phi) is 5.01. The predicted molar refractivity (Wildman–Crippen MR) is 90.0 cm³/mol. The maximum absolute atomic E-state index is 6.16. The standard InChI is InChI=1S/C16H22N2O2Si/c1-3-19-21(20-4-2,15-9-5-13(17)6-10-15)16-11-7-14(18)8-12-16/h5-12H,3-4,17-18H2,1-2H3. The summed E-state index contributed by atoms with van der Waals surface area (Å²) in [5, 5.41) is 2.09. The number of hydrogen-bond acceptors (Lipinski definition) is 4. The Bertz CT molecular complexity index is 516. The molecule has 0 saturated heterocycles. The van der Waals surface area contributed by atoms with Crippen LogP contribution in [0.4, 0.5) is 11.4 Å². The highest BCUT2D eigenvalue weighted by Gasteiger charge is 2.42. The van der Waals surface area contributed by atoms with Gasteiger partial charge in [-0.15, -0.1) is 0 Å². The van der Waals surface area contributed by atoms with Crippen LogP contribution in [-0.2, 0) is 8.85 Å². The van der Waals surface area contributed by atoms with Gasteiger partial charge < -0.3 is 20.3 Å². The minimum atomic E-state index is -2.70. The largest absolute Gasteiger partial charge is 0.407 e. The summed E-state index contributed by atoms with van der Waals surface area (Å²) in [6.45, 7) is 5.13. The van der Waals surface area contributed by atoms with Gasteiger partial charge in [0.25, 0.3) is 0 Å². The maximum atomic E-state index is 6.16. The smallest absolute Gasteiger partial charge is 0.399 e. The lowest BCUT2D eigenvalue weighted by atomic mass is 10.3. The quantitative estimate of drug-likeness (QED) is 0.626. The van der Waals surface area contributed by atoms with Crippen LogP contribution in [0.25, 0.3) is 0 Å². The van der Waals surface area contributed by atoms with E-state index in [2.05, 4.69) is 0 Å². The molecule has 0 unspecified atom stereocenters. The van der Waals surface area contributed by atoms with Crippen LogP contribution in [0.3, 0.4) is 0 Å². The van der Waals surface area contributed by atoms with E-state index in [9.17, 15) is 0 Å². The SMILES string of the molecule is CCO[Si](OCC)(c1ccc(N)cc1)c1ccc(N)cc1. The first-order valence-corrected chi connectivity index (χ1v) is 8.94. The van der Waals surface area contributed by atoms with E-state index in [4.69, 9.17) is 20.3 Å². The van der Waals surface area contributed by atoms with Crippen LogP contribution in [0.2, 0.25) is 0 Å². The van der Waals surface area contributed by atoms with Crippen molar-refractivity contribution in [3.63, 3.8) is 0 Å². The van der Waals surface area contributed by atoms with Crippen molar-refractivity contribution >= 4 is 30.3 Å². The summed E-state index contributed by atoms with van der Waals surface area (Å²) in [6, 6.07) is 15.5. The van der Waals surface area contributed by atoms with Crippen molar-refractivity contribution in [2.45, 2.75) is 13.8 Å². The fourth-order valence-corrected chi connectivity index (χ4v) is 5.46. The molecule has 0 aliphatic heterocycles. The van der Waals surface area contributed by atoms with Crippen LogP contribution in [0.15, 0.2) is 48.5 Å². The molecule has 0 fully saturated rings. The highest BCUT2D eigenvalue weighted by Crippen LogP contribution is 2.12. The maximum Gasteiger partial charge on any atom is 0.407 e. The van der Waals surface area contributed by atoms with Crippen molar-refractivity contribution in [1.82, 2.24) is 0 Å². The van der Waals surface area contributed by atoms with Crippen molar-refractivity contribution in [2.75, 3.05) is 24.7 Å². The molecule has 4 N–H and O–H groups in total. The third-order valence-electron chi connectivity index (χ3n) is 3.28. The lowest BCUT2D eigenvalue weighted by molar-refractivity contribution is 0.208. The first kappa shape index (κ1) is 15.6. The molecule has 112 valence electrons. The number of hydrogen-bond donors (Lipinski definition) is 2. The van der Waals surface area contributed by atoms with Crippen LogP contribution in [0.1, 0.15) is 13.8 Å². The van der Waals surface area contributed by atoms with Gasteiger partial charge in [-0.3, -0.25) is 0 Å². The fourth-order valence-electron chi connectivity index (χ4n) is 2.35. The average Bonchev–Trinajstić information content (AvgIpc) is 2.48. The van der Waals surface area contributed by atoms with Crippen LogP contribution >= 0.6 is 0 Å². The van der Waals surface area contributed by atoms with Crippen LogP contribution in [0, 0.1) is 0 Å². The third kappa shape index (κ3) is 3.26. The number of nitrogen functional groups attached to an aromatic ring is 2. The summed E-state index contributed by atoms with van der Waals surface area (Å²) in [5.74, 6) is 0. The Morgan fingerprint density at radius 1 is 0.714 bits per heavy atom. The van der Waals surface area contributed by atoms with Gasteiger partial charge in [-0.25, -0.2) is 0 Å². The van der Waals surface area contributed by atoms with E-state index >= 15 is 0 Å². The van der Waals surface area contributed by atoms with Gasteiger partial charge in [-0.1, -0.05) is 24.3 Å². The minimum absolute atomic E-state index is 0.584. The zero-order valence-corrected chi connectivity index (χ0v) is 13.5. The van der Waals surface area contributed by atoms with Crippen molar-refractivity contribution in [3.8, 4) is 0 Å². The Morgan fingerprint density at radius 3 is 1.33 bits per heavy atom. The Balaban J connectivity index is 2.56. The van der Waals surface area contributed by atoms with E-state index in [0.29, 0.717) is 13.2 Å². The molecule has 2 rings (SSSR count). The number of nitrogens with two attached hydrogens (primary N) is 2. The molecule has 5 heteroatoms. The molecule has 4 nitrogen and oxygen atoms in total. The number of rotatable bonds is 6. The van der Waals surface area contributed by atoms with E-state index in [1.165, 1.54) is 0 Å². The Hall–Kier alpha value is -1.82. The summed E-state index contributed by atoms with van der Waals surface area (Å²) in [4.78, 5) is 0. The van der Waals surface area contributed by atoms with Crippen LogP contribution in [-0.4, -0.2) is 21.8 Å². The van der Waals surface area contributed by atoms with Gasteiger partial charge in [0.05, 0.1) is 0 Å². The first-order chi connectivity index (χ1) is 10.1. The Morgan fingerprint density at radius 2 is 1.05 bits per heavy atom. The van der Waals surface area contributed by atoms with Crippen molar-refractivity contribution in [2.24, 2.45) is 0 Å². The zero-order chi connectivity index (χ0) is 15.3. The van der Waals surface area contributed by atoms with E-state index < -0.39 is 8.56 Å². The molecule has 2 aromatic carbocycles. The summed E-state index contributed by atoms with van der Waals surface area (Å²) in [5.41, 5.74) is 13.0. The minimum Gasteiger partial charge on any atom is -0.399 e. The van der Waals surface area contributed by atoms with E-state index in [1.54, 1.807) is 0 Å². The molecular weight excluding hydrogens is 280 g/mol. The highest BCUT2D eigenvalue weighted by atomic mass is 28.4. The molecule has 21 heavy (non-hydrogen) atoms. The molecule has 0 amide bonds. The van der Waals surface area contributed by atoms with Crippen LogP contribution in [0.5, 0.6) is 0 Å². The molecule has 0 spiro atoms. The summed E-state index contributed by atoms with van der Waals surface area (Å²) in [7, 11) is -2.70. The van der Waals surface area contributed by atoms with Crippen molar-refractivity contribution in [3.05, 3.63) is 48.5 Å². The monoisotopic (exact) mass is 302 g/mol. The molecule has 2 aromatic rings. The third-order valence-corrected chi connectivity index (χ3v) is 6.85. The number of benzene rings is 2. The lowest BCUT2D eigenvalue weighted by Gasteiger charge is -2.30. The average molecular weight is 302 g/mol. The second kappa shape index (κ2) is 6.75.